The number of benzene rings is 2. The van der Waals surface area contributed by atoms with Gasteiger partial charge in [-0.25, -0.2) is 13.2 Å². The lowest BCUT2D eigenvalue weighted by Crippen LogP contribution is -2.43. The van der Waals surface area contributed by atoms with Gasteiger partial charge in [-0.1, -0.05) is 17.7 Å². The summed E-state index contributed by atoms with van der Waals surface area (Å²) >= 11 is 7.72. The Morgan fingerprint density at radius 2 is 2.02 bits per heavy atom. The van der Waals surface area contributed by atoms with Gasteiger partial charge in [0.25, 0.3) is 0 Å². The van der Waals surface area contributed by atoms with Gasteiger partial charge in [0.05, 0.1) is 20.8 Å². The minimum Gasteiger partial charge on any atom is -0.461 e. The second-order valence-electron chi connectivity index (χ2n) is 13.1. The number of alkyl halides is 1. The van der Waals surface area contributed by atoms with Crippen LogP contribution in [0.2, 0.25) is 5.02 Å². The van der Waals surface area contributed by atoms with E-state index in [0.717, 1.165) is 36.4 Å². The summed E-state index contributed by atoms with van der Waals surface area (Å²) in [5, 5.41) is 10.4. The van der Waals surface area contributed by atoms with E-state index in [0.29, 0.717) is 31.7 Å². The van der Waals surface area contributed by atoms with Gasteiger partial charge in [-0.05, 0) is 55.6 Å². The van der Waals surface area contributed by atoms with E-state index in [4.69, 9.17) is 27.1 Å². The number of halogens is 4. The minimum atomic E-state index is -0.965. The van der Waals surface area contributed by atoms with Crippen LogP contribution in [0.3, 0.4) is 0 Å². The van der Waals surface area contributed by atoms with Crippen molar-refractivity contribution in [3.8, 4) is 23.2 Å². The number of aromatic nitrogens is 3. The molecule has 2 aliphatic heterocycles. The summed E-state index contributed by atoms with van der Waals surface area (Å²) < 4.78 is 52.7. The molecule has 0 unspecified atom stereocenters. The maximum Gasteiger partial charge on any atom is 0.319 e. The second-order valence-corrected chi connectivity index (χ2v) is 14.5. The molecule has 2 saturated heterocycles. The fourth-order valence-corrected chi connectivity index (χ4v) is 8.61. The first kappa shape index (κ1) is 34.7. The fraction of sp³-hybridized carbons (Fsp3) is 0.361. The molecule has 5 heterocycles. The van der Waals surface area contributed by atoms with Crippen LogP contribution in [0.5, 0.6) is 6.01 Å². The highest BCUT2D eigenvalue weighted by Gasteiger charge is 2.49. The summed E-state index contributed by atoms with van der Waals surface area (Å²) in [5.74, 6) is -1.20. The number of nitriles is 1. The van der Waals surface area contributed by atoms with E-state index in [1.165, 1.54) is 18.2 Å². The SMILES string of the molecule is CN(CCCC(=O)N(C)c1ccncc1)c1nc(OC[C@@]23CCCN2C[C@H](F)C3)nc2c(F)c(-c3ccc(F)c4sc(N)c(C#N)c34)c(Cl)cc12. The third kappa shape index (κ3) is 6.28. The first-order chi connectivity index (χ1) is 24.5. The Hall–Kier alpha value is -4.71. The Bertz CT molecular complexity index is 2200. The Labute approximate surface area is 301 Å². The standard InChI is InChI=1S/C36H34ClF3N8O2S/c1-46(13-3-5-27(49)47(2)21-8-11-43-12-9-21)34-23-15-25(37)29(22-6-7-26(39)32-28(22)24(17-41)33(42)51-32)30(40)31(23)44-35(45-34)50-19-36-10-4-14-48(36)18-20(38)16-36/h6-9,11-12,15,20H,3-5,10,13-14,16,18-19,42H2,1-2H3/t20-,36+/m1/s1. The Kier molecular flexibility index (Phi) is 9.38. The molecule has 2 N–H and O–H groups in total. The number of hydrogen-bond acceptors (Lipinski definition) is 10. The summed E-state index contributed by atoms with van der Waals surface area (Å²) in [6.45, 7) is 1.59. The average Bonchev–Trinajstić information content (AvgIpc) is 3.77. The van der Waals surface area contributed by atoms with Gasteiger partial charge in [-0.2, -0.15) is 15.2 Å². The van der Waals surface area contributed by atoms with Crippen molar-refractivity contribution in [3.63, 3.8) is 0 Å². The molecular weight excluding hydrogens is 701 g/mol. The monoisotopic (exact) mass is 734 g/mol. The first-order valence-electron chi connectivity index (χ1n) is 16.5. The molecule has 2 aliphatic rings. The number of nitrogens with two attached hydrogens (primary N) is 1. The van der Waals surface area contributed by atoms with E-state index in [1.54, 1.807) is 48.4 Å². The number of carbonyl (C=O) groups excluding carboxylic acids is 1. The number of nitrogens with zero attached hydrogens (tertiary/aromatic N) is 7. The maximum atomic E-state index is 17.0. The zero-order chi connectivity index (χ0) is 36.0. The van der Waals surface area contributed by atoms with Crippen LogP contribution in [-0.4, -0.2) is 77.8 Å². The molecule has 2 fully saturated rings. The molecule has 10 nitrogen and oxygen atoms in total. The Morgan fingerprint density at radius 1 is 1.24 bits per heavy atom. The number of ether oxygens (including phenoxy) is 1. The van der Waals surface area contributed by atoms with Crippen LogP contribution in [0.4, 0.5) is 29.7 Å². The predicted octanol–water partition coefficient (Wildman–Crippen LogP) is 7.13. The van der Waals surface area contributed by atoms with Gasteiger partial charge in [-0.3, -0.25) is 14.7 Å². The number of rotatable bonds is 10. The molecule has 15 heteroatoms. The van der Waals surface area contributed by atoms with Gasteiger partial charge in [0.15, 0.2) is 5.82 Å². The van der Waals surface area contributed by atoms with Crippen LogP contribution in [0.15, 0.2) is 42.7 Å². The van der Waals surface area contributed by atoms with Crippen molar-refractivity contribution in [2.45, 2.75) is 43.8 Å². The smallest absolute Gasteiger partial charge is 0.319 e. The van der Waals surface area contributed by atoms with Crippen molar-refractivity contribution < 1.29 is 22.7 Å². The molecule has 0 spiro atoms. The van der Waals surface area contributed by atoms with Crippen LogP contribution in [0, 0.1) is 23.0 Å². The topological polar surface area (TPSA) is 124 Å². The summed E-state index contributed by atoms with van der Waals surface area (Å²) in [7, 11) is 3.46. The first-order valence-corrected chi connectivity index (χ1v) is 17.7. The lowest BCUT2D eigenvalue weighted by molar-refractivity contribution is -0.118. The fourth-order valence-electron chi connectivity index (χ4n) is 7.37. The number of hydrogen-bond donors (Lipinski definition) is 1. The molecule has 51 heavy (non-hydrogen) atoms. The second kappa shape index (κ2) is 13.8. The summed E-state index contributed by atoms with van der Waals surface area (Å²) in [4.78, 5) is 31.6. The third-order valence-electron chi connectivity index (χ3n) is 9.94. The van der Waals surface area contributed by atoms with Crippen molar-refractivity contribution >= 4 is 66.3 Å². The number of amides is 1. The number of anilines is 3. The number of nitrogen functional groups attached to an aromatic ring is 1. The maximum absolute atomic E-state index is 17.0. The van der Waals surface area contributed by atoms with Crippen molar-refractivity contribution in [1.82, 2.24) is 19.9 Å². The van der Waals surface area contributed by atoms with Crippen LogP contribution in [-0.2, 0) is 4.79 Å². The van der Waals surface area contributed by atoms with Crippen molar-refractivity contribution in [1.29, 1.82) is 5.26 Å². The number of fused-ring (bicyclic) bond motifs is 3. The zero-order valence-electron chi connectivity index (χ0n) is 27.9. The summed E-state index contributed by atoms with van der Waals surface area (Å²) in [5.41, 5.74) is 6.31. The Morgan fingerprint density at radius 3 is 2.78 bits per heavy atom. The normalized spacial score (nSPS) is 18.6. The van der Waals surface area contributed by atoms with Gasteiger partial charge in [0.2, 0.25) is 5.91 Å². The van der Waals surface area contributed by atoms with Crippen molar-refractivity contribution in [2.75, 3.05) is 55.9 Å². The van der Waals surface area contributed by atoms with Crippen LogP contribution in [0.1, 0.15) is 37.7 Å². The molecule has 7 rings (SSSR count). The van der Waals surface area contributed by atoms with Gasteiger partial charge in [0.1, 0.15) is 41.0 Å². The largest absolute Gasteiger partial charge is 0.461 e. The van der Waals surface area contributed by atoms with Gasteiger partial charge in [-0.15, -0.1) is 11.3 Å². The highest BCUT2D eigenvalue weighted by atomic mass is 35.5. The summed E-state index contributed by atoms with van der Waals surface area (Å²) in [6, 6.07) is 9.50. The lowest BCUT2D eigenvalue weighted by Gasteiger charge is -2.31. The highest BCUT2D eigenvalue weighted by Crippen LogP contribution is 2.46. The van der Waals surface area contributed by atoms with Gasteiger partial charge < -0.3 is 20.3 Å². The lowest BCUT2D eigenvalue weighted by atomic mass is 9.95. The molecule has 3 aromatic heterocycles. The van der Waals surface area contributed by atoms with Crippen molar-refractivity contribution in [3.05, 3.63) is 64.9 Å². The van der Waals surface area contributed by atoms with E-state index < -0.39 is 23.3 Å². The average molecular weight is 735 g/mol. The van der Waals surface area contributed by atoms with Gasteiger partial charge in [0, 0.05) is 74.4 Å². The zero-order valence-corrected chi connectivity index (χ0v) is 29.5. The van der Waals surface area contributed by atoms with E-state index in [1.807, 2.05) is 6.07 Å². The molecule has 0 saturated carbocycles. The summed E-state index contributed by atoms with van der Waals surface area (Å²) in [6.07, 6.45) is 4.94. The minimum absolute atomic E-state index is 0.0110. The molecule has 2 atom stereocenters. The molecule has 5 aromatic rings. The number of thiophene rings is 1. The highest BCUT2D eigenvalue weighted by molar-refractivity contribution is 7.23. The molecule has 0 bridgehead atoms. The van der Waals surface area contributed by atoms with E-state index in [2.05, 4.69) is 14.9 Å². The van der Waals surface area contributed by atoms with E-state index in [9.17, 15) is 18.8 Å². The van der Waals surface area contributed by atoms with E-state index >= 15 is 4.39 Å². The molecule has 0 aliphatic carbocycles. The predicted molar refractivity (Wildman–Crippen MR) is 193 cm³/mol. The van der Waals surface area contributed by atoms with Gasteiger partial charge >= 0.3 is 6.01 Å². The number of carbonyl (C=O) groups is 1. The molecule has 264 valence electrons. The van der Waals surface area contributed by atoms with E-state index in [-0.39, 0.29) is 72.6 Å². The molecule has 2 aromatic carbocycles. The van der Waals surface area contributed by atoms with Crippen molar-refractivity contribution in [2.24, 2.45) is 0 Å². The number of pyridine rings is 1. The van der Waals surface area contributed by atoms with Crippen LogP contribution >= 0.6 is 22.9 Å². The van der Waals surface area contributed by atoms with Crippen LogP contribution in [0.25, 0.3) is 32.1 Å². The molecule has 0 radical (unpaired) electrons. The van der Waals surface area contributed by atoms with Crippen LogP contribution < -0.4 is 20.3 Å². The Balaban J connectivity index is 1.27. The quantitative estimate of drug-likeness (QED) is 0.160. The molecule has 1 amide bonds. The molecular formula is C36H34ClF3N8O2S. The third-order valence-corrected chi connectivity index (χ3v) is 11.3.